The van der Waals surface area contributed by atoms with Crippen LogP contribution in [-0.4, -0.2) is 49.1 Å². The first-order valence-electron chi connectivity index (χ1n) is 10.4. The molecule has 0 bridgehead atoms. The van der Waals surface area contributed by atoms with E-state index in [1.165, 1.54) is 18.1 Å². The summed E-state index contributed by atoms with van der Waals surface area (Å²) in [6.07, 6.45) is 6.04. The van der Waals surface area contributed by atoms with Gasteiger partial charge in [-0.2, -0.15) is 5.10 Å². The van der Waals surface area contributed by atoms with Crippen LogP contribution >= 0.6 is 11.8 Å². The smallest absolute Gasteiger partial charge is 0.231 e. The predicted octanol–water partition coefficient (Wildman–Crippen LogP) is 3.07. The van der Waals surface area contributed by atoms with Crippen molar-refractivity contribution in [3.8, 4) is 22.6 Å². The highest BCUT2D eigenvalue weighted by molar-refractivity contribution is 7.99. The fourth-order valence-corrected chi connectivity index (χ4v) is 4.65. The van der Waals surface area contributed by atoms with Crippen molar-refractivity contribution >= 4 is 28.7 Å². The zero-order chi connectivity index (χ0) is 22.1. The Morgan fingerprint density at radius 3 is 2.88 bits per heavy atom. The first kappa shape index (κ1) is 20.6. The van der Waals surface area contributed by atoms with Gasteiger partial charge in [-0.1, -0.05) is 25.6 Å². The van der Waals surface area contributed by atoms with E-state index >= 15 is 0 Å². The predicted molar refractivity (Wildman–Crippen MR) is 122 cm³/mol. The van der Waals surface area contributed by atoms with Crippen LogP contribution in [0.25, 0.3) is 22.3 Å². The van der Waals surface area contributed by atoms with Gasteiger partial charge in [0, 0.05) is 34.8 Å². The van der Waals surface area contributed by atoms with Gasteiger partial charge in [-0.05, 0) is 25.1 Å². The molecule has 1 aliphatic rings. The minimum atomic E-state index is 0.210. The lowest BCUT2D eigenvalue weighted by molar-refractivity contribution is 0.174. The number of H-pyrrole nitrogens is 1. The summed E-state index contributed by atoms with van der Waals surface area (Å²) >= 11 is 1.53. The second-order valence-electron chi connectivity index (χ2n) is 7.73. The molecule has 4 N–H and O–H groups in total. The maximum Gasteiger partial charge on any atom is 0.231 e. The van der Waals surface area contributed by atoms with E-state index in [-0.39, 0.29) is 6.79 Å². The van der Waals surface area contributed by atoms with Crippen LogP contribution in [0.1, 0.15) is 20.3 Å². The molecule has 0 saturated heterocycles. The van der Waals surface area contributed by atoms with Crippen LogP contribution < -0.4 is 20.5 Å². The largest absolute Gasteiger partial charge is 0.454 e. The number of nitrogens with two attached hydrogens (primary N) is 1. The maximum atomic E-state index is 6.11. The lowest BCUT2D eigenvalue weighted by atomic mass is 10.1. The van der Waals surface area contributed by atoms with Crippen LogP contribution in [0.5, 0.6) is 11.5 Å². The van der Waals surface area contributed by atoms with E-state index in [2.05, 4.69) is 43.9 Å². The van der Waals surface area contributed by atoms with Gasteiger partial charge in [0.2, 0.25) is 6.79 Å². The van der Waals surface area contributed by atoms with Gasteiger partial charge in [0.25, 0.3) is 0 Å². The van der Waals surface area contributed by atoms with Crippen LogP contribution in [0.15, 0.2) is 40.9 Å². The molecule has 0 amide bonds. The number of fused-ring (bicyclic) bond motifs is 2. The quantitative estimate of drug-likeness (QED) is 0.345. The van der Waals surface area contributed by atoms with Gasteiger partial charge in [-0.15, -0.1) is 0 Å². The van der Waals surface area contributed by atoms with Crippen molar-refractivity contribution in [1.29, 1.82) is 0 Å². The van der Waals surface area contributed by atoms with Crippen LogP contribution in [-0.2, 0) is 6.54 Å². The summed E-state index contributed by atoms with van der Waals surface area (Å²) in [5.74, 6) is 1.80. The summed E-state index contributed by atoms with van der Waals surface area (Å²) < 4.78 is 13.3. The SMILES string of the molecule is CC(C)NCCCn1c(Sc2cc3c(cc2-c2cn[nH]c2)OCO3)nc2c(N)ncnc21. The number of imidazole rings is 1. The number of hydrogen-bond donors (Lipinski definition) is 3. The summed E-state index contributed by atoms with van der Waals surface area (Å²) in [4.78, 5) is 14.3. The number of benzene rings is 1. The van der Waals surface area contributed by atoms with E-state index in [4.69, 9.17) is 20.2 Å². The molecule has 4 heterocycles. The van der Waals surface area contributed by atoms with Gasteiger partial charge in [-0.3, -0.25) is 5.10 Å². The van der Waals surface area contributed by atoms with Crippen LogP contribution in [0, 0.1) is 0 Å². The number of nitrogen functional groups attached to an aromatic ring is 1. The van der Waals surface area contributed by atoms with Gasteiger partial charge in [-0.25, -0.2) is 15.0 Å². The molecule has 0 atom stereocenters. The molecule has 0 radical (unpaired) electrons. The summed E-state index contributed by atoms with van der Waals surface area (Å²) in [5.41, 5.74) is 9.38. The Hall–Kier alpha value is -3.31. The van der Waals surface area contributed by atoms with Crippen LogP contribution in [0.4, 0.5) is 5.82 Å². The molecule has 4 aromatic rings. The summed E-state index contributed by atoms with van der Waals surface area (Å²) in [6.45, 7) is 6.13. The number of nitrogens with one attached hydrogen (secondary N) is 2. The van der Waals surface area contributed by atoms with Gasteiger partial charge in [0.05, 0.1) is 6.20 Å². The number of aryl methyl sites for hydroxylation is 1. The molecular formula is C21H24N8O2S. The molecule has 3 aromatic heterocycles. The van der Waals surface area contributed by atoms with Crippen molar-refractivity contribution in [2.45, 2.75) is 42.9 Å². The molecule has 0 saturated carbocycles. The number of aromatic nitrogens is 6. The Bertz CT molecular complexity index is 1240. The third-order valence-electron chi connectivity index (χ3n) is 5.12. The monoisotopic (exact) mass is 452 g/mol. The molecule has 0 aliphatic carbocycles. The van der Waals surface area contributed by atoms with Gasteiger partial charge in [0.15, 0.2) is 33.6 Å². The van der Waals surface area contributed by atoms with Crippen molar-refractivity contribution in [1.82, 2.24) is 35.0 Å². The summed E-state index contributed by atoms with van der Waals surface area (Å²) in [5, 5.41) is 11.2. The first-order valence-corrected chi connectivity index (χ1v) is 11.2. The zero-order valence-electron chi connectivity index (χ0n) is 17.8. The Balaban J connectivity index is 1.54. The van der Waals surface area contributed by atoms with Crippen LogP contribution in [0.2, 0.25) is 0 Å². The molecule has 32 heavy (non-hydrogen) atoms. The van der Waals surface area contributed by atoms with Gasteiger partial charge in [0.1, 0.15) is 6.33 Å². The molecule has 0 spiro atoms. The maximum absolute atomic E-state index is 6.11. The van der Waals surface area contributed by atoms with Crippen molar-refractivity contribution in [2.75, 3.05) is 19.1 Å². The molecule has 0 unspecified atom stereocenters. The highest BCUT2D eigenvalue weighted by Gasteiger charge is 2.22. The average molecular weight is 453 g/mol. The Morgan fingerprint density at radius 1 is 1.25 bits per heavy atom. The second-order valence-corrected chi connectivity index (χ2v) is 8.74. The minimum Gasteiger partial charge on any atom is -0.454 e. The third-order valence-corrected chi connectivity index (χ3v) is 6.17. The van der Waals surface area contributed by atoms with E-state index in [0.717, 1.165) is 46.3 Å². The highest BCUT2D eigenvalue weighted by Crippen LogP contribution is 2.44. The summed E-state index contributed by atoms with van der Waals surface area (Å²) in [6, 6.07) is 4.39. The standard InChI is InChI=1S/C21H24N8O2S/c1-12(2)23-4-3-5-29-20-18(19(22)24-10-25-20)28-21(29)32-17-7-16-15(30-11-31-16)6-14(17)13-8-26-27-9-13/h6-10,12,23H,3-5,11H2,1-2H3,(H,26,27)(H2,22,24,25). The Morgan fingerprint density at radius 2 is 2.09 bits per heavy atom. The van der Waals surface area contributed by atoms with E-state index in [1.54, 1.807) is 6.20 Å². The molecular weight excluding hydrogens is 428 g/mol. The van der Waals surface area contributed by atoms with E-state index < -0.39 is 0 Å². The highest BCUT2D eigenvalue weighted by atomic mass is 32.2. The van der Waals surface area contributed by atoms with E-state index in [0.29, 0.717) is 28.9 Å². The van der Waals surface area contributed by atoms with E-state index in [1.807, 2.05) is 18.3 Å². The summed E-state index contributed by atoms with van der Waals surface area (Å²) in [7, 11) is 0. The lowest BCUT2D eigenvalue weighted by Gasteiger charge is -2.12. The fourth-order valence-electron chi connectivity index (χ4n) is 3.57. The molecule has 5 rings (SSSR count). The Labute approximate surface area is 188 Å². The number of ether oxygens (including phenoxy) is 2. The Kier molecular flexibility index (Phi) is 5.58. The molecule has 1 aliphatic heterocycles. The molecule has 11 heteroatoms. The third kappa shape index (κ3) is 3.96. The first-order chi connectivity index (χ1) is 15.6. The molecule has 166 valence electrons. The van der Waals surface area contributed by atoms with Crippen molar-refractivity contribution in [3.63, 3.8) is 0 Å². The fraction of sp³-hybridized carbons (Fsp3) is 0.333. The van der Waals surface area contributed by atoms with Gasteiger partial charge < -0.3 is 25.1 Å². The van der Waals surface area contributed by atoms with Crippen molar-refractivity contribution in [3.05, 3.63) is 30.9 Å². The minimum absolute atomic E-state index is 0.210. The topological polar surface area (TPSA) is 129 Å². The normalized spacial score (nSPS) is 12.8. The molecule has 0 fully saturated rings. The van der Waals surface area contributed by atoms with Gasteiger partial charge >= 0.3 is 0 Å². The second kappa shape index (κ2) is 8.67. The lowest BCUT2D eigenvalue weighted by Crippen LogP contribution is -2.24. The zero-order valence-corrected chi connectivity index (χ0v) is 18.6. The average Bonchev–Trinajstić information content (AvgIpc) is 3.51. The number of anilines is 1. The number of nitrogens with zero attached hydrogens (tertiary/aromatic N) is 5. The van der Waals surface area contributed by atoms with Crippen LogP contribution in [0.3, 0.4) is 0 Å². The molecule has 1 aromatic carbocycles. The number of hydrogen-bond acceptors (Lipinski definition) is 9. The number of aromatic amines is 1. The molecule has 10 nitrogen and oxygen atoms in total. The number of rotatable bonds is 8. The van der Waals surface area contributed by atoms with E-state index in [9.17, 15) is 0 Å². The van der Waals surface area contributed by atoms with Crippen molar-refractivity contribution in [2.24, 2.45) is 0 Å². The van der Waals surface area contributed by atoms with Crippen molar-refractivity contribution < 1.29 is 9.47 Å².